The molecule has 0 radical (unpaired) electrons. The first kappa shape index (κ1) is 10.4. The third kappa shape index (κ3) is 2.28. The maximum absolute atomic E-state index is 11.9. The zero-order valence-electron chi connectivity index (χ0n) is 8.74. The van der Waals surface area contributed by atoms with Gasteiger partial charge in [0.2, 0.25) is 11.8 Å². The summed E-state index contributed by atoms with van der Waals surface area (Å²) in [5.74, 6) is -0.0471. The lowest BCUT2D eigenvalue weighted by Crippen LogP contribution is -2.45. The predicted molar refractivity (Wildman–Crippen MR) is 54.9 cm³/mol. The van der Waals surface area contributed by atoms with Crippen LogP contribution < -0.4 is 11.1 Å². The summed E-state index contributed by atoms with van der Waals surface area (Å²) in [6, 6.07) is 0.234. The molecule has 0 bridgehead atoms. The van der Waals surface area contributed by atoms with Crippen molar-refractivity contribution in [2.75, 3.05) is 19.6 Å². The van der Waals surface area contributed by atoms with Crippen LogP contribution in [0.2, 0.25) is 0 Å². The number of rotatable bonds is 1. The minimum atomic E-state index is -0.146. The van der Waals surface area contributed by atoms with Crippen molar-refractivity contribution in [3.8, 4) is 0 Å². The Morgan fingerprint density at radius 1 is 1.40 bits per heavy atom. The second-order valence-electron chi connectivity index (χ2n) is 4.37. The van der Waals surface area contributed by atoms with E-state index in [1.807, 2.05) is 4.90 Å². The zero-order valence-corrected chi connectivity index (χ0v) is 8.74. The minimum absolute atomic E-state index is 0.0120. The molecule has 15 heavy (non-hydrogen) atoms. The van der Waals surface area contributed by atoms with Crippen molar-refractivity contribution in [2.45, 2.75) is 25.3 Å². The van der Waals surface area contributed by atoms with Gasteiger partial charge in [-0.25, -0.2) is 0 Å². The molecule has 0 aromatic carbocycles. The number of hydrogen-bond donors (Lipinski definition) is 2. The fourth-order valence-electron chi connectivity index (χ4n) is 2.16. The van der Waals surface area contributed by atoms with Gasteiger partial charge < -0.3 is 16.0 Å². The van der Waals surface area contributed by atoms with Gasteiger partial charge in [0.05, 0.1) is 5.92 Å². The van der Waals surface area contributed by atoms with E-state index in [1.54, 1.807) is 0 Å². The van der Waals surface area contributed by atoms with Crippen LogP contribution in [-0.2, 0) is 9.59 Å². The Bertz CT molecular complexity index is 272. The molecule has 0 spiro atoms. The summed E-state index contributed by atoms with van der Waals surface area (Å²) in [5, 5.41) is 2.69. The molecule has 2 saturated heterocycles. The molecule has 84 valence electrons. The van der Waals surface area contributed by atoms with E-state index in [-0.39, 0.29) is 23.8 Å². The smallest absolute Gasteiger partial charge is 0.227 e. The van der Waals surface area contributed by atoms with Gasteiger partial charge in [0.25, 0.3) is 0 Å². The molecular formula is C10H17N3O2. The number of carbonyl (C=O) groups excluding carboxylic acids is 2. The topological polar surface area (TPSA) is 75.4 Å². The van der Waals surface area contributed by atoms with Crippen LogP contribution in [0.15, 0.2) is 0 Å². The SMILES string of the molecule is NC1CCN(C(=O)C2CNC(=O)C2)CC1. The van der Waals surface area contributed by atoms with E-state index in [0.29, 0.717) is 13.0 Å². The van der Waals surface area contributed by atoms with Crippen LogP contribution in [0.1, 0.15) is 19.3 Å². The van der Waals surface area contributed by atoms with Crippen LogP contribution in [0.5, 0.6) is 0 Å². The van der Waals surface area contributed by atoms with Crippen LogP contribution in [0.4, 0.5) is 0 Å². The monoisotopic (exact) mass is 211 g/mol. The predicted octanol–water partition coefficient (Wildman–Crippen LogP) is -0.928. The summed E-state index contributed by atoms with van der Waals surface area (Å²) in [7, 11) is 0. The lowest BCUT2D eigenvalue weighted by Gasteiger charge is -2.31. The van der Waals surface area contributed by atoms with Gasteiger partial charge in [-0.2, -0.15) is 0 Å². The molecule has 0 aromatic heterocycles. The van der Waals surface area contributed by atoms with E-state index in [1.165, 1.54) is 0 Å². The normalized spacial score (nSPS) is 27.9. The first-order valence-corrected chi connectivity index (χ1v) is 5.48. The largest absolute Gasteiger partial charge is 0.355 e. The number of likely N-dealkylation sites (tertiary alicyclic amines) is 1. The van der Waals surface area contributed by atoms with E-state index in [4.69, 9.17) is 5.73 Å². The van der Waals surface area contributed by atoms with Gasteiger partial charge in [0.15, 0.2) is 0 Å². The fourth-order valence-corrected chi connectivity index (χ4v) is 2.16. The van der Waals surface area contributed by atoms with Gasteiger partial charge in [-0.1, -0.05) is 0 Å². The van der Waals surface area contributed by atoms with Gasteiger partial charge in [-0.3, -0.25) is 9.59 Å². The molecule has 2 fully saturated rings. The minimum Gasteiger partial charge on any atom is -0.355 e. The number of hydrogen-bond acceptors (Lipinski definition) is 3. The second-order valence-corrected chi connectivity index (χ2v) is 4.37. The quantitative estimate of drug-likeness (QED) is 0.588. The number of piperidine rings is 1. The van der Waals surface area contributed by atoms with Crippen molar-refractivity contribution in [3.05, 3.63) is 0 Å². The number of nitrogens with one attached hydrogen (secondary N) is 1. The first-order valence-electron chi connectivity index (χ1n) is 5.48. The zero-order chi connectivity index (χ0) is 10.8. The number of carbonyl (C=O) groups is 2. The highest BCUT2D eigenvalue weighted by Crippen LogP contribution is 2.16. The maximum atomic E-state index is 11.9. The number of nitrogens with two attached hydrogens (primary N) is 1. The van der Waals surface area contributed by atoms with E-state index < -0.39 is 0 Å². The van der Waals surface area contributed by atoms with Gasteiger partial charge in [0, 0.05) is 32.1 Å². The molecular weight excluding hydrogens is 194 g/mol. The molecule has 0 saturated carbocycles. The Morgan fingerprint density at radius 3 is 2.60 bits per heavy atom. The summed E-state index contributed by atoms with van der Waals surface area (Å²) in [4.78, 5) is 24.8. The Morgan fingerprint density at radius 2 is 2.07 bits per heavy atom. The molecule has 3 N–H and O–H groups in total. The summed E-state index contributed by atoms with van der Waals surface area (Å²) in [6.07, 6.45) is 2.10. The maximum Gasteiger partial charge on any atom is 0.227 e. The molecule has 2 amide bonds. The highest BCUT2D eigenvalue weighted by atomic mass is 16.2. The molecule has 5 heteroatoms. The van der Waals surface area contributed by atoms with Gasteiger partial charge in [-0.15, -0.1) is 0 Å². The molecule has 1 atom stereocenters. The van der Waals surface area contributed by atoms with Gasteiger partial charge >= 0.3 is 0 Å². The number of nitrogens with zero attached hydrogens (tertiary/aromatic N) is 1. The third-order valence-electron chi connectivity index (χ3n) is 3.18. The summed E-state index contributed by atoms with van der Waals surface area (Å²) >= 11 is 0. The summed E-state index contributed by atoms with van der Waals surface area (Å²) in [6.45, 7) is 1.98. The van der Waals surface area contributed by atoms with Crippen molar-refractivity contribution in [3.63, 3.8) is 0 Å². The van der Waals surface area contributed by atoms with Crippen molar-refractivity contribution in [1.82, 2.24) is 10.2 Å². The van der Waals surface area contributed by atoms with Crippen molar-refractivity contribution in [1.29, 1.82) is 0 Å². The molecule has 2 aliphatic heterocycles. The fraction of sp³-hybridized carbons (Fsp3) is 0.800. The molecule has 2 heterocycles. The van der Waals surface area contributed by atoms with E-state index in [9.17, 15) is 9.59 Å². The molecule has 0 aromatic rings. The first-order chi connectivity index (χ1) is 7.16. The Hall–Kier alpha value is -1.10. The highest BCUT2D eigenvalue weighted by molar-refractivity contribution is 5.89. The summed E-state index contributed by atoms with van der Waals surface area (Å²) < 4.78 is 0. The molecule has 0 aliphatic carbocycles. The second kappa shape index (κ2) is 4.18. The highest BCUT2D eigenvalue weighted by Gasteiger charge is 2.32. The molecule has 2 rings (SSSR count). The van der Waals surface area contributed by atoms with Gasteiger partial charge in [-0.05, 0) is 12.8 Å². The van der Waals surface area contributed by atoms with Crippen LogP contribution >= 0.6 is 0 Å². The van der Waals surface area contributed by atoms with Crippen LogP contribution in [-0.4, -0.2) is 42.4 Å². The average molecular weight is 211 g/mol. The Kier molecular flexibility index (Phi) is 2.90. The van der Waals surface area contributed by atoms with Crippen molar-refractivity contribution >= 4 is 11.8 Å². The van der Waals surface area contributed by atoms with Crippen molar-refractivity contribution < 1.29 is 9.59 Å². The number of amides is 2. The average Bonchev–Trinajstić information content (AvgIpc) is 2.65. The third-order valence-corrected chi connectivity index (χ3v) is 3.18. The molecule has 2 aliphatic rings. The Balaban J connectivity index is 1.88. The van der Waals surface area contributed by atoms with Crippen molar-refractivity contribution in [2.24, 2.45) is 11.7 Å². The van der Waals surface area contributed by atoms with Crippen LogP contribution in [0.3, 0.4) is 0 Å². The Labute approximate surface area is 89.0 Å². The van der Waals surface area contributed by atoms with Gasteiger partial charge in [0.1, 0.15) is 0 Å². The summed E-state index contributed by atoms with van der Waals surface area (Å²) in [5.41, 5.74) is 5.77. The molecule has 5 nitrogen and oxygen atoms in total. The van der Waals surface area contributed by atoms with Crippen LogP contribution in [0.25, 0.3) is 0 Å². The lowest BCUT2D eigenvalue weighted by atomic mass is 10.0. The lowest BCUT2D eigenvalue weighted by molar-refractivity contribution is -0.136. The van der Waals surface area contributed by atoms with E-state index in [2.05, 4.69) is 5.32 Å². The van der Waals surface area contributed by atoms with E-state index in [0.717, 1.165) is 25.9 Å². The standard InChI is InChI=1S/C10H17N3O2/c11-8-1-3-13(4-2-8)10(15)7-5-9(14)12-6-7/h7-8H,1-6,11H2,(H,12,14). The van der Waals surface area contributed by atoms with E-state index >= 15 is 0 Å². The molecule has 1 unspecified atom stereocenters. The van der Waals surface area contributed by atoms with Crippen LogP contribution in [0, 0.1) is 5.92 Å².